The number of carbonyl (C=O) groups excluding carboxylic acids is 7. The second-order valence-electron chi connectivity index (χ2n) is 18.0. The summed E-state index contributed by atoms with van der Waals surface area (Å²) in [5.74, 6) is -9.10. The lowest BCUT2D eigenvalue weighted by Crippen LogP contribution is -2.54. The van der Waals surface area contributed by atoms with Crippen LogP contribution in [-0.4, -0.2) is 178 Å². The van der Waals surface area contributed by atoms with Crippen molar-refractivity contribution in [2.75, 3.05) is 114 Å². The number of alkyl halides is 2. The van der Waals surface area contributed by atoms with Gasteiger partial charge in [-0.2, -0.15) is 13.8 Å². The lowest BCUT2D eigenvalue weighted by Gasteiger charge is -2.31. The van der Waals surface area contributed by atoms with Crippen LogP contribution < -0.4 is 35.8 Å². The van der Waals surface area contributed by atoms with E-state index in [1.54, 1.807) is 17.0 Å². The predicted octanol–water partition coefficient (Wildman–Crippen LogP) is 2.64. The van der Waals surface area contributed by atoms with Gasteiger partial charge >= 0.3 is 5.92 Å². The number of nitrogens with zero attached hydrogens (tertiary/aromatic N) is 6. The minimum atomic E-state index is -3.66. The second kappa shape index (κ2) is 23.3. The quantitative estimate of drug-likeness (QED) is 0.0834. The summed E-state index contributed by atoms with van der Waals surface area (Å²) in [6, 6.07) is 5.29. The monoisotopic (exact) mass is 1020 g/mol. The fourth-order valence-electron chi connectivity index (χ4n) is 9.42. The highest BCUT2D eigenvalue weighted by atomic mass is 19.3. The van der Waals surface area contributed by atoms with E-state index in [1.807, 2.05) is 0 Å². The molecule has 5 aliphatic rings. The third-order valence-corrected chi connectivity index (χ3v) is 13.2. The van der Waals surface area contributed by atoms with Gasteiger partial charge < -0.3 is 54.3 Å². The van der Waals surface area contributed by atoms with E-state index in [4.69, 9.17) is 23.7 Å². The van der Waals surface area contributed by atoms with Gasteiger partial charge in [-0.3, -0.25) is 43.8 Å². The molecular formula is C48H57F3N10O12. The van der Waals surface area contributed by atoms with Crippen LogP contribution in [0.2, 0.25) is 0 Å². The molecule has 22 nitrogen and oxygen atoms in total. The largest absolute Gasteiger partial charge is 0.495 e. The van der Waals surface area contributed by atoms with Gasteiger partial charge in [0.25, 0.3) is 23.6 Å². The Labute approximate surface area is 417 Å². The number of rotatable bonds is 22. The molecule has 2 atom stereocenters. The molecule has 4 N–H and O–H groups in total. The molecule has 3 aromatic rings. The molecule has 1 saturated carbocycles. The number of piperidine rings is 1. The maximum absolute atomic E-state index is 15.6. The maximum atomic E-state index is 15.6. The van der Waals surface area contributed by atoms with Crippen LogP contribution in [0.1, 0.15) is 76.0 Å². The number of aromatic nitrogens is 2. The van der Waals surface area contributed by atoms with Crippen molar-refractivity contribution in [3.8, 4) is 5.75 Å². The molecular weight excluding hydrogens is 966 g/mol. The first kappa shape index (κ1) is 52.4. The van der Waals surface area contributed by atoms with Crippen molar-refractivity contribution in [1.29, 1.82) is 0 Å². The van der Waals surface area contributed by atoms with Crippen molar-refractivity contribution < 1.29 is 70.4 Å². The van der Waals surface area contributed by atoms with Gasteiger partial charge in [-0.1, -0.05) is 18.9 Å². The molecule has 3 fully saturated rings. The number of hydrogen-bond acceptors (Lipinski definition) is 17. The molecule has 0 radical (unpaired) electrons. The van der Waals surface area contributed by atoms with Gasteiger partial charge in [0.05, 0.1) is 88.5 Å². The van der Waals surface area contributed by atoms with Crippen LogP contribution in [0.4, 0.5) is 42.0 Å². The van der Waals surface area contributed by atoms with Crippen LogP contribution in [0.3, 0.4) is 0 Å². The topological polar surface area (TPSA) is 252 Å². The number of methoxy groups -OCH3 is 1. The number of carbonyl (C=O) groups is 7. The summed E-state index contributed by atoms with van der Waals surface area (Å²) in [6.07, 6.45) is 4.80. The average molecular weight is 1020 g/mol. The van der Waals surface area contributed by atoms with Gasteiger partial charge in [0.1, 0.15) is 29.9 Å². The Morgan fingerprint density at radius 1 is 0.890 bits per heavy atom. The molecule has 7 amide bonds. The number of ether oxygens (including phenoxy) is 5. The smallest absolute Gasteiger partial charge is 0.342 e. The first-order valence-corrected chi connectivity index (χ1v) is 24.1. The number of likely N-dealkylation sites (tertiary alicyclic amines) is 1. The summed E-state index contributed by atoms with van der Waals surface area (Å²) in [6.45, 7) is 1.57. The Morgan fingerprint density at radius 3 is 2.32 bits per heavy atom. The van der Waals surface area contributed by atoms with Crippen molar-refractivity contribution >= 4 is 70.2 Å². The number of benzene rings is 2. The average Bonchev–Trinajstić information content (AvgIpc) is 4.13. The van der Waals surface area contributed by atoms with Crippen molar-refractivity contribution in [2.45, 2.75) is 69.0 Å². The Balaban J connectivity index is 0.692. The van der Waals surface area contributed by atoms with E-state index in [-0.39, 0.29) is 123 Å². The minimum Gasteiger partial charge on any atom is -0.495 e. The summed E-state index contributed by atoms with van der Waals surface area (Å²) in [4.78, 5) is 103. The highest BCUT2D eigenvalue weighted by Gasteiger charge is 2.49. The molecule has 0 bridgehead atoms. The number of nitrogens with one attached hydrogen (secondary N) is 4. The summed E-state index contributed by atoms with van der Waals surface area (Å²) >= 11 is 0. The van der Waals surface area contributed by atoms with Crippen LogP contribution >= 0.6 is 0 Å². The number of imide groups is 2. The number of amides is 7. The first-order valence-electron chi connectivity index (χ1n) is 24.1. The van der Waals surface area contributed by atoms with Crippen LogP contribution in [0, 0.1) is 5.82 Å². The van der Waals surface area contributed by atoms with E-state index < -0.39 is 65.8 Å². The minimum absolute atomic E-state index is 0.0320. The van der Waals surface area contributed by atoms with Crippen LogP contribution in [-0.2, 0) is 38.1 Å². The molecule has 2 saturated heterocycles. The van der Waals surface area contributed by atoms with Gasteiger partial charge in [-0.15, -0.1) is 0 Å². The molecule has 2 aromatic carbocycles. The summed E-state index contributed by atoms with van der Waals surface area (Å²) in [5.41, 5.74) is 0.636. The fourth-order valence-corrected chi connectivity index (χ4v) is 9.42. The van der Waals surface area contributed by atoms with Crippen LogP contribution in [0.5, 0.6) is 5.75 Å². The fraction of sp³-hybridized carbons (Fsp3) is 0.521. The normalized spacial score (nSPS) is 19.8. The number of anilines is 5. The van der Waals surface area contributed by atoms with Gasteiger partial charge in [0, 0.05) is 56.9 Å². The third-order valence-electron chi connectivity index (χ3n) is 13.2. The zero-order valence-electron chi connectivity index (χ0n) is 40.3. The highest BCUT2D eigenvalue weighted by molar-refractivity contribution is 6.25. The standard InChI is InChI=1S/C48H57F3N10O12/c1-58-36-24-53-47(57-41(36)60(29-6-3-4-7-29)27-48(50,51)46(58)68)55-34-23-32(49)31(22-37(34)69-2)42(64)54-28-12-14-59(25-28)39(63)26-73-21-20-72-19-18-71-17-16-70-15-13-52-33-9-5-8-30-40(33)45(67)61(44(30)66)35-10-11-38(62)56-43(35)65/h5,8-9,22-24,28-29,35,52H,3-4,6-7,10-21,25-27H2,1-2H3,(H,54,64)(H,53,55,57)(H,56,62,65)/t28-,35?/m0/s1. The van der Waals surface area contributed by atoms with Crippen molar-refractivity contribution in [2.24, 2.45) is 0 Å². The maximum Gasteiger partial charge on any atom is 0.342 e. The molecule has 1 aliphatic carbocycles. The number of fused-ring (bicyclic) bond motifs is 2. The van der Waals surface area contributed by atoms with E-state index in [2.05, 4.69) is 31.2 Å². The molecule has 392 valence electrons. The van der Waals surface area contributed by atoms with Crippen LogP contribution in [0.15, 0.2) is 36.5 Å². The van der Waals surface area contributed by atoms with Gasteiger partial charge in [0.15, 0.2) is 5.82 Å². The second-order valence-corrected chi connectivity index (χ2v) is 18.0. The highest BCUT2D eigenvalue weighted by Crippen LogP contribution is 2.40. The Bertz CT molecular complexity index is 2600. The summed E-state index contributed by atoms with van der Waals surface area (Å²) < 4.78 is 73.3. The zero-order chi connectivity index (χ0) is 51.8. The van der Waals surface area contributed by atoms with Crippen molar-refractivity contribution in [1.82, 2.24) is 30.4 Å². The molecule has 0 spiro atoms. The van der Waals surface area contributed by atoms with Gasteiger partial charge in [0.2, 0.25) is 23.7 Å². The molecule has 1 unspecified atom stereocenters. The molecule has 73 heavy (non-hydrogen) atoms. The predicted molar refractivity (Wildman–Crippen MR) is 254 cm³/mol. The van der Waals surface area contributed by atoms with E-state index >= 15 is 13.2 Å². The van der Waals surface area contributed by atoms with Crippen molar-refractivity contribution in [3.63, 3.8) is 0 Å². The Hall–Kier alpha value is -6.96. The van der Waals surface area contributed by atoms with Crippen molar-refractivity contribution in [3.05, 3.63) is 59.0 Å². The van der Waals surface area contributed by atoms with E-state index in [0.717, 1.165) is 28.7 Å². The summed E-state index contributed by atoms with van der Waals surface area (Å²) in [5, 5.41) is 10.9. The number of halogens is 3. The lowest BCUT2D eigenvalue weighted by atomic mass is 10.0. The van der Waals surface area contributed by atoms with E-state index in [9.17, 15) is 33.6 Å². The lowest BCUT2D eigenvalue weighted by molar-refractivity contribution is -0.140. The third kappa shape index (κ3) is 12.0. The van der Waals surface area contributed by atoms with Gasteiger partial charge in [-0.25, -0.2) is 9.37 Å². The molecule has 8 rings (SSSR count). The van der Waals surface area contributed by atoms with E-state index in [0.29, 0.717) is 44.6 Å². The Morgan fingerprint density at radius 2 is 1.60 bits per heavy atom. The first-order chi connectivity index (χ1) is 35.1. The molecule has 5 heterocycles. The number of hydrogen-bond donors (Lipinski definition) is 4. The SMILES string of the molecule is COc1cc(C(=O)N[C@H]2CCN(C(=O)COCCOCCOCCOCCNc3cccc4c3C(=O)N(C3CCC(=O)NC3=O)C4=O)C2)c(F)cc1Nc1ncc2c(n1)N(C1CCCC1)CC(F)(F)C(=O)N2C. The molecule has 1 aromatic heterocycles. The molecule has 4 aliphatic heterocycles. The Kier molecular flexibility index (Phi) is 16.7. The molecule has 25 heteroatoms. The van der Waals surface area contributed by atoms with Crippen LogP contribution in [0.25, 0.3) is 0 Å². The zero-order valence-corrected chi connectivity index (χ0v) is 40.3. The summed E-state index contributed by atoms with van der Waals surface area (Å²) in [7, 11) is 2.57. The van der Waals surface area contributed by atoms with Gasteiger partial charge in [-0.05, 0) is 43.9 Å². The van der Waals surface area contributed by atoms with E-state index in [1.165, 1.54) is 37.4 Å².